The zero-order chi connectivity index (χ0) is 21.0. The number of piperazine rings is 1. The Morgan fingerprint density at radius 1 is 1.10 bits per heavy atom. The van der Waals surface area contributed by atoms with E-state index in [1.54, 1.807) is 30.3 Å². The summed E-state index contributed by atoms with van der Waals surface area (Å²) >= 11 is 0. The van der Waals surface area contributed by atoms with Gasteiger partial charge in [0.1, 0.15) is 11.6 Å². The van der Waals surface area contributed by atoms with Crippen molar-refractivity contribution in [2.75, 3.05) is 29.4 Å². The number of hydrogen-bond acceptors (Lipinski definition) is 3. The van der Waals surface area contributed by atoms with Crippen LogP contribution < -0.4 is 14.5 Å². The van der Waals surface area contributed by atoms with E-state index in [1.807, 2.05) is 12.1 Å². The SMILES string of the molecule is CCCCc1ccc(N2CCN(c3ccc(OC(C)(F)F)cc3)C(C)C2)c(F)c1. The van der Waals surface area contributed by atoms with Gasteiger partial charge < -0.3 is 14.5 Å². The summed E-state index contributed by atoms with van der Waals surface area (Å²) in [4.78, 5) is 4.28. The summed E-state index contributed by atoms with van der Waals surface area (Å²) in [6.07, 6.45) is -0.136. The molecule has 0 amide bonds. The van der Waals surface area contributed by atoms with Crippen LogP contribution in [0.25, 0.3) is 0 Å². The lowest BCUT2D eigenvalue weighted by Crippen LogP contribution is -2.52. The Morgan fingerprint density at radius 2 is 1.83 bits per heavy atom. The van der Waals surface area contributed by atoms with Crippen molar-refractivity contribution in [2.45, 2.75) is 52.2 Å². The minimum atomic E-state index is -3.20. The first-order valence-corrected chi connectivity index (χ1v) is 10.2. The van der Waals surface area contributed by atoms with Gasteiger partial charge >= 0.3 is 6.11 Å². The van der Waals surface area contributed by atoms with Gasteiger partial charge in [-0.2, -0.15) is 8.78 Å². The average Bonchev–Trinajstić information content (AvgIpc) is 2.66. The van der Waals surface area contributed by atoms with Gasteiger partial charge in [-0.1, -0.05) is 19.4 Å². The number of halogens is 3. The number of ether oxygens (including phenoxy) is 1. The van der Waals surface area contributed by atoms with Crippen molar-refractivity contribution in [2.24, 2.45) is 0 Å². The standard InChI is InChI=1S/C23H29F3N2O/c1-4-5-6-18-7-12-22(21(24)15-18)27-13-14-28(17(2)16-27)19-8-10-20(11-9-19)29-23(3,25)26/h7-12,15,17H,4-6,13-14,16H2,1-3H3. The highest BCUT2D eigenvalue weighted by molar-refractivity contribution is 5.55. The summed E-state index contributed by atoms with van der Waals surface area (Å²) in [5.74, 6) is -0.0287. The lowest BCUT2D eigenvalue weighted by atomic mass is 10.1. The van der Waals surface area contributed by atoms with Crippen molar-refractivity contribution in [1.82, 2.24) is 0 Å². The first-order chi connectivity index (χ1) is 13.8. The van der Waals surface area contributed by atoms with Crippen molar-refractivity contribution in [3.63, 3.8) is 0 Å². The van der Waals surface area contributed by atoms with E-state index in [-0.39, 0.29) is 17.6 Å². The summed E-state index contributed by atoms with van der Waals surface area (Å²) < 4.78 is 45.2. The molecule has 1 atom stereocenters. The maximum absolute atomic E-state index is 14.7. The van der Waals surface area contributed by atoms with Crippen LogP contribution in [0.1, 0.15) is 39.2 Å². The van der Waals surface area contributed by atoms with E-state index in [1.165, 1.54) is 0 Å². The van der Waals surface area contributed by atoms with Gasteiger partial charge in [0.2, 0.25) is 0 Å². The zero-order valence-electron chi connectivity index (χ0n) is 17.3. The summed E-state index contributed by atoms with van der Waals surface area (Å²) in [5.41, 5.74) is 2.63. The van der Waals surface area contributed by atoms with E-state index in [9.17, 15) is 13.2 Å². The molecule has 1 aliphatic rings. The highest BCUT2D eigenvalue weighted by Gasteiger charge is 2.26. The first-order valence-electron chi connectivity index (χ1n) is 10.2. The second-order valence-electron chi connectivity index (χ2n) is 7.78. The maximum Gasteiger partial charge on any atom is 0.394 e. The van der Waals surface area contributed by atoms with Crippen molar-refractivity contribution in [3.8, 4) is 5.75 Å². The normalized spacial score (nSPS) is 17.5. The molecule has 2 aromatic carbocycles. The summed E-state index contributed by atoms with van der Waals surface area (Å²) in [7, 11) is 0. The van der Waals surface area contributed by atoms with Crippen LogP contribution in [-0.4, -0.2) is 31.8 Å². The number of anilines is 2. The van der Waals surface area contributed by atoms with Gasteiger partial charge in [-0.25, -0.2) is 4.39 Å². The molecular formula is C23H29F3N2O. The lowest BCUT2D eigenvalue weighted by Gasteiger charge is -2.42. The molecule has 1 fully saturated rings. The fourth-order valence-corrected chi connectivity index (χ4v) is 3.82. The number of unbranched alkanes of at least 4 members (excludes halogenated alkanes) is 1. The Balaban J connectivity index is 1.65. The Bertz CT molecular complexity index is 805. The Labute approximate surface area is 171 Å². The minimum Gasteiger partial charge on any atom is -0.433 e. The highest BCUT2D eigenvalue weighted by atomic mass is 19.3. The molecule has 3 nitrogen and oxygen atoms in total. The molecule has 29 heavy (non-hydrogen) atoms. The molecule has 0 spiro atoms. The minimum absolute atomic E-state index is 0.137. The third-order valence-electron chi connectivity index (χ3n) is 5.26. The van der Waals surface area contributed by atoms with Crippen molar-refractivity contribution in [3.05, 3.63) is 53.8 Å². The lowest BCUT2D eigenvalue weighted by molar-refractivity contribution is -0.158. The van der Waals surface area contributed by atoms with E-state index in [4.69, 9.17) is 0 Å². The number of aryl methyl sites for hydroxylation is 1. The molecule has 1 unspecified atom stereocenters. The molecule has 0 radical (unpaired) electrons. The van der Waals surface area contributed by atoms with Gasteiger partial charge in [-0.3, -0.25) is 0 Å². The van der Waals surface area contributed by atoms with Crippen LogP contribution in [0, 0.1) is 5.82 Å². The number of rotatable bonds is 7. The molecule has 0 N–H and O–H groups in total. The third kappa shape index (κ3) is 5.58. The maximum atomic E-state index is 14.7. The molecule has 0 saturated carbocycles. The van der Waals surface area contributed by atoms with Gasteiger partial charge in [0.05, 0.1) is 5.69 Å². The van der Waals surface area contributed by atoms with Gasteiger partial charge in [0.15, 0.2) is 0 Å². The van der Waals surface area contributed by atoms with Gasteiger partial charge in [0, 0.05) is 38.3 Å². The second-order valence-corrected chi connectivity index (χ2v) is 7.78. The summed E-state index contributed by atoms with van der Waals surface area (Å²) in [6.45, 7) is 7.05. The molecule has 6 heteroatoms. The monoisotopic (exact) mass is 406 g/mol. The quantitative estimate of drug-likeness (QED) is 0.571. The molecule has 0 aliphatic carbocycles. The predicted molar refractivity (Wildman–Crippen MR) is 112 cm³/mol. The number of hydrogen-bond donors (Lipinski definition) is 0. The summed E-state index contributed by atoms with van der Waals surface area (Å²) in [5, 5.41) is 0. The third-order valence-corrected chi connectivity index (χ3v) is 5.26. The Kier molecular flexibility index (Phi) is 6.60. The van der Waals surface area contributed by atoms with Gasteiger partial charge in [-0.15, -0.1) is 0 Å². The first kappa shape index (κ1) is 21.3. The molecule has 1 aliphatic heterocycles. The van der Waals surface area contributed by atoms with Gasteiger partial charge in [0.25, 0.3) is 0 Å². The van der Waals surface area contributed by atoms with Crippen LogP contribution in [0.3, 0.4) is 0 Å². The largest absolute Gasteiger partial charge is 0.433 e. The van der Waals surface area contributed by atoms with Crippen LogP contribution >= 0.6 is 0 Å². The molecule has 158 valence electrons. The van der Waals surface area contributed by atoms with Crippen LogP contribution in [0.2, 0.25) is 0 Å². The zero-order valence-corrected chi connectivity index (χ0v) is 17.3. The Hall–Kier alpha value is -2.37. The number of benzene rings is 2. The summed E-state index contributed by atoms with van der Waals surface area (Å²) in [6, 6.07) is 12.4. The van der Waals surface area contributed by atoms with Crippen LogP contribution in [0.15, 0.2) is 42.5 Å². The molecule has 2 aromatic rings. The Morgan fingerprint density at radius 3 is 2.41 bits per heavy atom. The van der Waals surface area contributed by atoms with Crippen molar-refractivity contribution >= 4 is 11.4 Å². The molecule has 0 bridgehead atoms. The van der Waals surface area contributed by atoms with Crippen molar-refractivity contribution < 1.29 is 17.9 Å². The smallest absolute Gasteiger partial charge is 0.394 e. The molecular weight excluding hydrogens is 377 g/mol. The molecule has 1 heterocycles. The van der Waals surface area contributed by atoms with E-state index in [2.05, 4.69) is 28.4 Å². The molecule has 3 rings (SSSR count). The fraction of sp³-hybridized carbons (Fsp3) is 0.478. The predicted octanol–water partition coefficient (Wildman–Crippen LogP) is 5.87. The van der Waals surface area contributed by atoms with Gasteiger partial charge in [-0.05, 0) is 61.7 Å². The van der Waals surface area contributed by atoms with E-state index in [0.717, 1.165) is 44.0 Å². The average molecular weight is 406 g/mol. The molecule has 1 saturated heterocycles. The van der Waals surface area contributed by atoms with Crippen LogP contribution in [-0.2, 0) is 6.42 Å². The van der Waals surface area contributed by atoms with Crippen molar-refractivity contribution in [1.29, 1.82) is 0 Å². The molecule has 0 aromatic heterocycles. The van der Waals surface area contributed by atoms with E-state index < -0.39 is 6.11 Å². The number of alkyl halides is 2. The second kappa shape index (κ2) is 8.97. The van der Waals surface area contributed by atoms with Crippen LogP contribution in [0.4, 0.5) is 24.5 Å². The van der Waals surface area contributed by atoms with Crippen LogP contribution in [0.5, 0.6) is 5.75 Å². The highest BCUT2D eigenvalue weighted by Crippen LogP contribution is 2.29. The van der Waals surface area contributed by atoms with E-state index >= 15 is 0 Å². The topological polar surface area (TPSA) is 15.7 Å². The number of nitrogens with zero attached hydrogens (tertiary/aromatic N) is 2. The fourth-order valence-electron chi connectivity index (χ4n) is 3.82. The van der Waals surface area contributed by atoms with E-state index in [0.29, 0.717) is 18.8 Å².